The Labute approximate surface area is 185 Å². The molecule has 1 amide bonds. The van der Waals surface area contributed by atoms with Gasteiger partial charge in [-0.25, -0.2) is 4.79 Å². The van der Waals surface area contributed by atoms with Crippen LogP contribution in [-0.2, 0) is 14.3 Å². The Morgan fingerprint density at radius 3 is 2.45 bits per heavy atom. The topological polar surface area (TPSA) is 64.6 Å². The SMILES string of the molecule is CCOC(=O)C=Cc1ccc(NC(=O)C(C)(C)CCCOc2cc(C)ccc2C)cc1. The van der Waals surface area contributed by atoms with E-state index in [1.165, 1.54) is 11.6 Å². The Morgan fingerprint density at radius 2 is 1.77 bits per heavy atom. The number of carbonyl (C=O) groups excluding carboxylic acids is 2. The Morgan fingerprint density at radius 1 is 1.06 bits per heavy atom. The molecule has 0 bridgehead atoms. The summed E-state index contributed by atoms with van der Waals surface area (Å²) in [5.74, 6) is 0.497. The van der Waals surface area contributed by atoms with Gasteiger partial charge >= 0.3 is 5.97 Å². The van der Waals surface area contributed by atoms with E-state index in [4.69, 9.17) is 9.47 Å². The molecular formula is C26H33NO4. The van der Waals surface area contributed by atoms with Crippen LogP contribution in [0.25, 0.3) is 6.08 Å². The Hall–Kier alpha value is -3.08. The first-order chi connectivity index (χ1) is 14.7. The van der Waals surface area contributed by atoms with Crippen molar-refractivity contribution in [1.29, 1.82) is 0 Å². The van der Waals surface area contributed by atoms with E-state index in [1.54, 1.807) is 13.0 Å². The van der Waals surface area contributed by atoms with Gasteiger partial charge in [-0.3, -0.25) is 4.79 Å². The highest BCUT2D eigenvalue weighted by atomic mass is 16.5. The maximum atomic E-state index is 12.7. The number of benzene rings is 2. The molecule has 0 atom stereocenters. The van der Waals surface area contributed by atoms with Gasteiger partial charge in [0.05, 0.1) is 13.2 Å². The fraction of sp³-hybridized carbons (Fsp3) is 0.385. The van der Waals surface area contributed by atoms with Crippen molar-refractivity contribution in [3.63, 3.8) is 0 Å². The number of nitrogens with one attached hydrogen (secondary N) is 1. The molecule has 31 heavy (non-hydrogen) atoms. The molecule has 5 heteroatoms. The summed E-state index contributed by atoms with van der Waals surface area (Å²) in [5.41, 5.74) is 3.34. The molecule has 5 nitrogen and oxygen atoms in total. The number of anilines is 1. The van der Waals surface area contributed by atoms with E-state index in [0.717, 1.165) is 29.0 Å². The van der Waals surface area contributed by atoms with Crippen LogP contribution in [0.1, 0.15) is 50.3 Å². The van der Waals surface area contributed by atoms with Crippen molar-refractivity contribution in [2.45, 2.75) is 47.5 Å². The van der Waals surface area contributed by atoms with Crippen LogP contribution in [0.15, 0.2) is 48.5 Å². The van der Waals surface area contributed by atoms with Crippen molar-refractivity contribution in [1.82, 2.24) is 0 Å². The highest BCUT2D eigenvalue weighted by Crippen LogP contribution is 2.26. The molecule has 0 spiro atoms. The van der Waals surface area contributed by atoms with E-state index in [-0.39, 0.29) is 11.9 Å². The summed E-state index contributed by atoms with van der Waals surface area (Å²) < 4.78 is 10.8. The fourth-order valence-electron chi connectivity index (χ4n) is 3.01. The highest BCUT2D eigenvalue weighted by Gasteiger charge is 2.27. The van der Waals surface area contributed by atoms with Gasteiger partial charge in [-0.15, -0.1) is 0 Å². The van der Waals surface area contributed by atoms with Crippen molar-refractivity contribution in [2.75, 3.05) is 18.5 Å². The Bertz CT molecular complexity index is 914. The second-order valence-electron chi connectivity index (χ2n) is 8.27. The first-order valence-electron chi connectivity index (χ1n) is 10.7. The van der Waals surface area contributed by atoms with Gasteiger partial charge in [0.2, 0.25) is 5.91 Å². The third-order valence-corrected chi connectivity index (χ3v) is 5.03. The minimum absolute atomic E-state index is 0.0333. The van der Waals surface area contributed by atoms with Gasteiger partial charge in [0.25, 0.3) is 0 Å². The molecule has 0 saturated carbocycles. The minimum atomic E-state index is -0.520. The lowest BCUT2D eigenvalue weighted by Crippen LogP contribution is -2.31. The molecule has 2 aromatic carbocycles. The number of hydrogen-bond acceptors (Lipinski definition) is 4. The molecule has 0 saturated heterocycles. The summed E-state index contributed by atoms with van der Waals surface area (Å²) in [5, 5.41) is 2.97. The number of hydrogen-bond donors (Lipinski definition) is 1. The maximum absolute atomic E-state index is 12.7. The van der Waals surface area contributed by atoms with E-state index in [9.17, 15) is 9.59 Å². The molecule has 0 heterocycles. The number of ether oxygens (including phenoxy) is 2. The smallest absolute Gasteiger partial charge is 0.330 e. The molecule has 2 rings (SSSR count). The summed E-state index contributed by atoms with van der Waals surface area (Å²) in [4.78, 5) is 24.1. The summed E-state index contributed by atoms with van der Waals surface area (Å²) in [7, 11) is 0. The minimum Gasteiger partial charge on any atom is -0.493 e. The Kier molecular flexibility index (Phi) is 8.86. The number of aryl methyl sites for hydroxylation is 2. The maximum Gasteiger partial charge on any atom is 0.330 e. The second kappa shape index (κ2) is 11.3. The van der Waals surface area contributed by atoms with Crippen LogP contribution < -0.4 is 10.1 Å². The molecule has 0 fully saturated rings. The highest BCUT2D eigenvalue weighted by molar-refractivity contribution is 5.95. The van der Waals surface area contributed by atoms with Crippen LogP contribution >= 0.6 is 0 Å². The van der Waals surface area contributed by atoms with Gasteiger partial charge in [-0.1, -0.05) is 38.1 Å². The summed E-state index contributed by atoms with van der Waals surface area (Å²) >= 11 is 0. The second-order valence-corrected chi connectivity index (χ2v) is 8.27. The molecule has 0 radical (unpaired) electrons. The van der Waals surface area contributed by atoms with Crippen molar-refractivity contribution >= 4 is 23.6 Å². The lowest BCUT2D eigenvalue weighted by Gasteiger charge is -2.23. The van der Waals surface area contributed by atoms with Crippen LogP contribution in [0.5, 0.6) is 5.75 Å². The largest absolute Gasteiger partial charge is 0.493 e. The van der Waals surface area contributed by atoms with Gasteiger partial charge in [0, 0.05) is 17.2 Å². The molecule has 166 valence electrons. The zero-order valence-corrected chi connectivity index (χ0v) is 19.2. The number of esters is 1. The van der Waals surface area contributed by atoms with E-state index in [1.807, 2.05) is 58.0 Å². The monoisotopic (exact) mass is 423 g/mol. The lowest BCUT2D eigenvalue weighted by atomic mass is 9.87. The number of carbonyl (C=O) groups is 2. The molecule has 2 aromatic rings. The summed E-state index contributed by atoms with van der Waals surface area (Å²) in [6.07, 6.45) is 4.57. The molecule has 0 unspecified atom stereocenters. The molecule has 0 aliphatic heterocycles. The van der Waals surface area contributed by atoms with Gasteiger partial charge in [-0.05, 0) is 74.6 Å². The van der Waals surface area contributed by atoms with Crippen molar-refractivity contribution in [3.8, 4) is 5.75 Å². The van der Waals surface area contributed by atoms with Crippen LogP contribution in [0.3, 0.4) is 0 Å². The third-order valence-electron chi connectivity index (χ3n) is 5.03. The average molecular weight is 424 g/mol. The van der Waals surface area contributed by atoms with Crippen LogP contribution in [-0.4, -0.2) is 25.1 Å². The summed E-state index contributed by atoms with van der Waals surface area (Å²) in [6.45, 7) is 10.6. The average Bonchev–Trinajstić information content (AvgIpc) is 2.73. The first kappa shape index (κ1) is 24.2. The molecule has 0 aliphatic rings. The van der Waals surface area contributed by atoms with E-state index in [2.05, 4.69) is 17.4 Å². The Balaban J connectivity index is 1.83. The summed E-state index contributed by atoms with van der Waals surface area (Å²) in [6, 6.07) is 13.5. The number of rotatable bonds is 10. The molecule has 1 N–H and O–H groups in total. The van der Waals surface area contributed by atoms with Crippen LogP contribution in [0.4, 0.5) is 5.69 Å². The zero-order valence-electron chi connectivity index (χ0n) is 19.2. The lowest BCUT2D eigenvalue weighted by molar-refractivity contribution is -0.137. The predicted molar refractivity (Wildman–Crippen MR) is 125 cm³/mol. The van der Waals surface area contributed by atoms with Gasteiger partial charge in [-0.2, -0.15) is 0 Å². The van der Waals surface area contributed by atoms with Gasteiger partial charge < -0.3 is 14.8 Å². The third kappa shape index (κ3) is 7.93. The molecule has 0 aliphatic carbocycles. The van der Waals surface area contributed by atoms with Crippen molar-refractivity contribution in [2.24, 2.45) is 5.41 Å². The van der Waals surface area contributed by atoms with Crippen LogP contribution in [0.2, 0.25) is 0 Å². The quantitative estimate of drug-likeness (QED) is 0.302. The van der Waals surface area contributed by atoms with E-state index < -0.39 is 5.41 Å². The van der Waals surface area contributed by atoms with Crippen molar-refractivity contribution < 1.29 is 19.1 Å². The zero-order chi connectivity index (χ0) is 22.9. The normalized spacial score (nSPS) is 11.4. The molecule has 0 aromatic heterocycles. The van der Waals surface area contributed by atoms with Gasteiger partial charge in [0.15, 0.2) is 0 Å². The fourth-order valence-corrected chi connectivity index (χ4v) is 3.01. The number of amides is 1. The standard InChI is InChI=1S/C26H33NO4/c1-6-30-24(28)15-12-21-10-13-22(14-11-21)27-25(29)26(4,5)16-7-17-31-23-18-19(2)8-9-20(23)3/h8-15,18H,6-7,16-17H2,1-5H3,(H,27,29). The predicted octanol–water partition coefficient (Wildman–Crippen LogP) is 5.70. The van der Waals surface area contributed by atoms with Gasteiger partial charge in [0.1, 0.15) is 5.75 Å². The van der Waals surface area contributed by atoms with Crippen LogP contribution in [0, 0.1) is 19.3 Å². The van der Waals surface area contributed by atoms with Crippen molar-refractivity contribution in [3.05, 3.63) is 65.2 Å². The first-order valence-corrected chi connectivity index (χ1v) is 10.7. The van der Waals surface area contributed by atoms with E-state index in [0.29, 0.717) is 19.6 Å². The van der Waals surface area contributed by atoms with E-state index >= 15 is 0 Å². The molecular weight excluding hydrogens is 390 g/mol.